The highest BCUT2D eigenvalue weighted by molar-refractivity contribution is 7.90. The van der Waals surface area contributed by atoms with Crippen LogP contribution in [0.1, 0.15) is 33.2 Å². The van der Waals surface area contributed by atoms with E-state index in [0.29, 0.717) is 40.2 Å². The lowest BCUT2D eigenvalue weighted by atomic mass is 9.90. The van der Waals surface area contributed by atoms with Gasteiger partial charge in [-0.2, -0.15) is 12.7 Å². The van der Waals surface area contributed by atoms with Gasteiger partial charge in [-0.25, -0.2) is 0 Å². The highest BCUT2D eigenvalue weighted by atomic mass is 32.2. The van der Waals surface area contributed by atoms with Crippen molar-refractivity contribution in [2.45, 2.75) is 12.5 Å². The number of fused-ring (bicyclic) bond motifs is 1. The van der Waals surface area contributed by atoms with Crippen LogP contribution in [0.15, 0.2) is 66.7 Å². The van der Waals surface area contributed by atoms with Gasteiger partial charge in [0.05, 0.1) is 12.8 Å². The summed E-state index contributed by atoms with van der Waals surface area (Å²) in [6.45, 7) is 0.224. The van der Waals surface area contributed by atoms with E-state index >= 15 is 0 Å². The Morgan fingerprint density at radius 2 is 1.74 bits per heavy atom. The highest BCUT2D eigenvalue weighted by Crippen LogP contribution is 2.40. The molecule has 0 aliphatic carbocycles. The SMILES string of the molecule is COc1ccc([C@H](O)c2c(C(=O)Nc3ccccc3)ccc3c2CCN3S(=O)(=O)N(C)C)cc1. The Balaban J connectivity index is 1.83. The minimum atomic E-state index is -3.72. The Kier molecular flexibility index (Phi) is 6.60. The van der Waals surface area contributed by atoms with E-state index in [9.17, 15) is 18.3 Å². The zero-order valence-corrected chi connectivity index (χ0v) is 20.0. The fraction of sp³-hybridized carbons (Fsp3) is 0.240. The number of benzene rings is 3. The monoisotopic (exact) mass is 481 g/mol. The minimum absolute atomic E-state index is 0.224. The van der Waals surface area contributed by atoms with Gasteiger partial charge in [-0.1, -0.05) is 30.3 Å². The molecule has 1 atom stereocenters. The fourth-order valence-electron chi connectivity index (χ4n) is 4.10. The van der Waals surface area contributed by atoms with E-state index in [0.717, 1.165) is 4.31 Å². The third kappa shape index (κ3) is 4.37. The lowest BCUT2D eigenvalue weighted by Crippen LogP contribution is -2.39. The number of rotatable bonds is 7. The summed E-state index contributed by atoms with van der Waals surface area (Å²) < 4.78 is 33.4. The molecule has 4 rings (SSSR count). The lowest BCUT2D eigenvalue weighted by molar-refractivity contribution is 0.102. The lowest BCUT2D eigenvalue weighted by Gasteiger charge is -2.25. The van der Waals surface area contributed by atoms with Gasteiger partial charge in [0, 0.05) is 37.5 Å². The van der Waals surface area contributed by atoms with Crippen LogP contribution in [-0.4, -0.2) is 51.5 Å². The van der Waals surface area contributed by atoms with Crippen molar-refractivity contribution in [1.82, 2.24) is 4.31 Å². The first-order valence-corrected chi connectivity index (χ1v) is 12.2. The molecule has 0 aromatic heterocycles. The van der Waals surface area contributed by atoms with E-state index in [2.05, 4.69) is 5.32 Å². The Morgan fingerprint density at radius 1 is 1.06 bits per heavy atom. The van der Waals surface area contributed by atoms with E-state index in [4.69, 9.17) is 4.74 Å². The number of carbonyl (C=O) groups is 1. The second-order valence-electron chi connectivity index (χ2n) is 8.13. The predicted octanol–water partition coefficient (Wildman–Crippen LogP) is 3.20. The van der Waals surface area contributed by atoms with Gasteiger partial charge in [-0.05, 0) is 53.9 Å². The van der Waals surface area contributed by atoms with Crippen molar-refractivity contribution in [3.05, 3.63) is 89.0 Å². The number of para-hydroxylation sites is 1. The Morgan fingerprint density at radius 3 is 2.35 bits per heavy atom. The highest BCUT2D eigenvalue weighted by Gasteiger charge is 2.35. The predicted molar refractivity (Wildman–Crippen MR) is 132 cm³/mol. The zero-order chi connectivity index (χ0) is 24.5. The van der Waals surface area contributed by atoms with Gasteiger partial charge < -0.3 is 15.2 Å². The molecule has 0 radical (unpaired) electrons. The van der Waals surface area contributed by atoms with Gasteiger partial charge in [0.2, 0.25) is 0 Å². The number of aliphatic hydroxyl groups excluding tert-OH is 1. The van der Waals surface area contributed by atoms with Crippen LogP contribution in [0.4, 0.5) is 11.4 Å². The maximum absolute atomic E-state index is 13.3. The molecule has 3 aromatic carbocycles. The molecule has 0 saturated heterocycles. The second-order valence-corrected chi connectivity index (χ2v) is 10.2. The van der Waals surface area contributed by atoms with Gasteiger partial charge >= 0.3 is 10.2 Å². The van der Waals surface area contributed by atoms with Gasteiger partial charge in [0.1, 0.15) is 11.9 Å². The maximum Gasteiger partial charge on any atom is 0.303 e. The Bertz CT molecular complexity index is 1290. The molecule has 178 valence electrons. The second kappa shape index (κ2) is 9.46. The van der Waals surface area contributed by atoms with E-state index in [1.54, 1.807) is 55.6 Å². The third-order valence-corrected chi connectivity index (χ3v) is 7.75. The molecular formula is C25H27N3O5S. The van der Waals surface area contributed by atoms with Crippen LogP contribution >= 0.6 is 0 Å². The van der Waals surface area contributed by atoms with Crippen molar-refractivity contribution < 1.29 is 23.1 Å². The molecule has 8 nitrogen and oxygen atoms in total. The van der Waals surface area contributed by atoms with Gasteiger partial charge in [0.25, 0.3) is 5.91 Å². The molecule has 0 saturated carbocycles. The summed E-state index contributed by atoms with van der Waals surface area (Å²) in [7, 11) is 0.786. The van der Waals surface area contributed by atoms with E-state index < -0.39 is 16.3 Å². The maximum atomic E-state index is 13.3. The number of ether oxygens (including phenoxy) is 1. The van der Waals surface area contributed by atoms with Crippen LogP contribution in [0.25, 0.3) is 0 Å². The normalized spacial score (nSPS) is 14.1. The molecule has 0 spiro atoms. The Hall–Kier alpha value is -3.40. The van der Waals surface area contributed by atoms with Crippen LogP contribution in [0.2, 0.25) is 0 Å². The van der Waals surface area contributed by atoms with Crippen molar-refractivity contribution in [2.75, 3.05) is 37.4 Å². The molecular weight excluding hydrogens is 454 g/mol. The molecule has 1 amide bonds. The molecule has 0 unspecified atom stereocenters. The smallest absolute Gasteiger partial charge is 0.303 e. The number of aliphatic hydroxyl groups is 1. The molecule has 34 heavy (non-hydrogen) atoms. The zero-order valence-electron chi connectivity index (χ0n) is 19.2. The van der Waals surface area contributed by atoms with Crippen LogP contribution in [-0.2, 0) is 16.6 Å². The van der Waals surface area contributed by atoms with E-state index in [-0.39, 0.29) is 18.0 Å². The molecule has 1 aliphatic rings. The molecule has 2 N–H and O–H groups in total. The van der Waals surface area contributed by atoms with Crippen molar-refractivity contribution in [2.24, 2.45) is 0 Å². The molecule has 1 aliphatic heterocycles. The number of anilines is 2. The summed E-state index contributed by atoms with van der Waals surface area (Å²) in [6.07, 6.45) is -0.767. The molecule has 3 aromatic rings. The number of nitrogens with one attached hydrogen (secondary N) is 1. The van der Waals surface area contributed by atoms with Crippen molar-refractivity contribution in [3.8, 4) is 5.75 Å². The molecule has 1 heterocycles. The largest absolute Gasteiger partial charge is 0.497 e. The third-order valence-electron chi connectivity index (χ3n) is 5.89. The van der Waals surface area contributed by atoms with E-state index in [1.807, 2.05) is 18.2 Å². The fourth-order valence-corrected chi connectivity index (χ4v) is 5.24. The number of methoxy groups -OCH3 is 1. The topological polar surface area (TPSA) is 99.2 Å². The van der Waals surface area contributed by atoms with Crippen LogP contribution in [0.3, 0.4) is 0 Å². The summed E-state index contributed by atoms with van der Waals surface area (Å²) in [5.41, 5.74) is 2.97. The first-order chi connectivity index (χ1) is 16.2. The Labute approximate surface area is 199 Å². The van der Waals surface area contributed by atoms with Crippen LogP contribution < -0.4 is 14.4 Å². The summed E-state index contributed by atoms with van der Waals surface area (Å²) in [6, 6.07) is 19.1. The van der Waals surface area contributed by atoms with Crippen LogP contribution in [0, 0.1) is 0 Å². The number of hydrogen-bond acceptors (Lipinski definition) is 5. The number of hydrogen-bond donors (Lipinski definition) is 2. The minimum Gasteiger partial charge on any atom is -0.497 e. The number of nitrogens with zero attached hydrogens (tertiary/aromatic N) is 2. The van der Waals surface area contributed by atoms with Crippen molar-refractivity contribution in [1.29, 1.82) is 0 Å². The summed E-state index contributed by atoms with van der Waals surface area (Å²) in [5.74, 6) is 0.255. The number of amides is 1. The average Bonchev–Trinajstić information content (AvgIpc) is 3.28. The quantitative estimate of drug-likeness (QED) is 0.540. The van der Waals surface area contributed by atoms with E-state index in [1.165, 1.54) is 18.4 Å². The molecule has 0 bridgehead atoms. The van der Waals surface area contributed by atoms with Gasteiger partial charge in [-0.3, -0.25) is 9.10 Å². The standard InChI is InChI=1S/C25H27N3O5S/c1-27(2)34(31,32)28-16-15-20-22(28)14-13-21(25(30)26-18-7-5-4-6-8-18)23(20)24(29)17-9-11-19(33-3)12-10-17/h4-14,24,29H,15-16H2,1-3H3,(H,26,30)/t24-/m0/s1. The first kappa shape index (κ1) is 23.7. The van der Waals surface area contributed by atoms with Crippen LogP contribution in [0.5, 0.6) is 5.75 Å². The first-order valence-electron chi connectivity index (χ1n) is 10.8. The summed E-state index contributed by atoms with van der Waals surface area (Å²) in [5, 5.41) is 14.3. The van der Waals surface area contributed by atoms with Gasteiger partial charge in [0.15, 0.2) is 0 Å². The molecule has 9 heteroatoms. The van der Waals surface area contributed by atoms with Crippen molar-refractivity contribution >= 4 is 27.5 Å². The molecule has 0 fully saturated rings. The van der Waals surface area contributed by atoms with Gasteiger partial charge in [-0.15, -0.1) is 0 Å². The summed E-state index contributed by atoms with van der Waals surface area (Å²) >= 11 is 0. The summed E-state index contributed by atoms with van der Waals surface area (Å²) in [4.78, 5) is 13.3. The van der Waals surface area contributed by atoms with Crippen molar-refractivity contribution in [3.63, 3.8) is 0 Å². The number of carbonyl (C=O) groups excluding carboxylic acids is 1. The average molecular weight is 482 g/mol.